The number of halogens is 1. The SMILES string of the molecule is Cc1nnc(OCc2cccc(Cl)c2)nc1Nc1cn[nH]n1. The molecule has 0 bridgehead atoms. The molecule has 1 aromatic carbocycles. The van der Waals surface area contributed by atoms with E-state index >= 15 is 0 Å². The van der Waals surface area contributed by atoms with E-state index in [0.29, 0.717) is 29.0 Å². The van der Waals surface area contributed by atoms with Crippen molar-refractivity contribution in [3.8, 4) is 6.01 Å². The first-order chi connectivity index (χ1) is 10.7. The Labute approximate surface area is 130 Å². The molecule has 2 heterocycles. The molecule has 8 nitrogen and oxygen atoms in total. The molecule has 0 amide bonds. The van der Waals surface area contributed by atoms with Gasteiger partial charge >= 0.3 is 6.01 Å². The number of anilines is 2. The Morgan fingerprint density at radius 1 is 1.32 bits per heavy atom. The molecule has 3 rings (SSSR count). The molecule has 3 aromatic rings. The van der Waals surface area contributed by atoms with Crippen LogP contribution >= 0.6 is 11.6 Å². The second kappa shape index (κ2) is 6.35. The lowest BCUT2D eigenvalue weighted by Crippen LogP contribution is -2.06. The number of ether oxygens (including phenoxy) is 1. The van der Waals surface area contributed by atoms with Gasteiger partial charge in [-0.15, -0.1) is 10.2 Å². The monoisotopic (exact) mass is 317 g/mol. The normalized spacial score (nSPS) is 10.5. The second-order valence-corrected chi connectivity index (χ2v) is 4.86. The highest BCUT2D eigenvalue weighted by Crippen LogP contribution is 2.17. The molecule has 0 aliphatic heterocycles. The minimum absolute atomic E-state index is 0.163. The van der Waals surface area contributed by atoms with E-state index in [1.165, 1.54) is 6.20 Å². The first-order valence-corrected chi connectivity index (χ1v) is 6.80. The molecular weight excluding hydrogens is 306 g/mol. The van der Waals surface area contributed by atoms with Gasteiger partial charge < -0.3 is 10.1 Å². The van der Waals surface area contributed by atoms with Gasteiger partial charge in [-0.3, -0.25) is 0 Å². The summed E-state index contributed by atoms with van der Waals surface area (Å²) in [6.45, 7) is 2.08. The van der Waals surface area contributed by atoms with Gasteiger partial charge in [0.05, 0.1) is 6.20 Å². The number of aryl methyl sites for hydroxylation is 1. The van der Waals surface area contributed by atoms with Crippen LogP contribution in [0.5, 0.6) is 6.01 Å². The minimum Gasteiger partial charge on any atom is -0.457 e. The smallest absolute Gasteiger partial charge is 0.338 e. The zero-order valence-electron chi connectivity index (χ0n) is 11.6. The molecule has 9 heteroatoms. The molecular formula is C13H12ClN7O. The van der Waals surface area contributed by atoms with Crippen LogP contribution in [0.1, 0.15) is 11.3 Å². The summed E-state index contributed by atoms with van der Waals surface area (Å²) in [5.41, 5.74) is 1.54. The quantitative estimate of drug-likeness (QED) is 0.744. The van der Waals surface area contributed by atoms with E-state index < -0.39 is 0 Å². The third-order valence-electron chi connectivity index (χ3n) is 2.75. The van der Waals surface area contributed by atoms with Crippen LogP contribution in [0.3, 0.4) is 0 Å². The van der Waals surface area contributed by atoms with Crippen LogP contribution in [0.25, 0.3) is 0 Å². The van der Waals surface area contributed by atoms with Gasteiger partial charge in [0.25, 0.3) is 0 Å². The zero-order chi connectivity index (χ0) is 15.4. The maximum absolute atomic E-state index is 5.93. The summed E-state index contributed by atoms with van der Waals surface area (Å²) in [6.07, 6.45) is 1.54. The van der Waals surface area contributed by atoms with Crippen molar-refractivity contribution in [2.75, 3.05) is 5.32 Å². The van der Waals surface area contributed by atoms with Crippen molar-refractivity contribution in [1.82, 2.24) is 30.6 Å². The fraction of sp³-hybridized carbons (Fsp3) is 0.154. The first kappa shape index (κ1) is 14.2. The largest absolute Gasteiger partial charge is 0.457 e. The first-order valence-electron chi connectivity index (χ1n) is 6.42. The Morgan fingerprint density at radius 3 is 3.00 bits per heavy atom. The lowest BCUT2D eigenvalue weighted by molar-refractivity contribution is 0.277. The van der Waals surface area contributed by atoms with Gasteiger partial charge in [-0.1, -0.05) is 28.8 Å². The number of nitrogens with one attached hydrogen (secondary N) is 2. The number of benzene rings is 1. The highest BCUT2D eigenvalue weighted by Gasteiger charge is 2.08. The van der Waals surface area contributed by atoms with Gasteiger partial charge in [0.1, 0.15) is 12.3 Å². The summed E-state index contributed by atoms with van der Waals surface area (Å²) in [7, 11) is 0. The standard InChI is InChI=1S/C13H12ClN7O/c1-8-12(16-11-6-15-21-19-11)17-13(20-18-8)22-7-9-3-2-4-10(14)5-9/h2-6H,7H2,1H3,(H2,15,16,17,19,20,21). The van der Waals surface area contributed by atoms with E-state index in [1.807, 2.05) is 18.2 Å². The molecule has 0 spiro atoms. The van der Waals surface area contributed by atoms with Crippen molar-refractivity contribution in [3.05, 3.63) is 46.7 Å². The van der Waals surface area contributed by atoms with Crippen LogP contribution in [0, 0.1) is 6.92 Å². The van der Waals surface area contributed by atoms with Crippen LogP contribution in [0.15, 0.2) is 30.5 Å². The number of nitrogens with zero attached hydrogens (tertiary/aromatic N) is 5. The number of aromatic nitrogens is 6. The lowest BCUT2D eigenvalue weighted by atomic mass is 10.2. The summed E-state index contributed by atoms with van der Waals surface area (Å²) in [6, 6.07) is 7.54. The van der Waals surface area contributed by atoms with Gasteiger partial charge in [-0.2, -0.15) is 15.3 Å². The van der Waals surface area contributed by atoms with Crippen molar-refractivity contribution in [2.45, 2.75) is 13.5 Å². The van der Waals surface area contributed by atoms with Gasteiger partial charge in [0.15, 0.2) is 11.6 Å². The average molecular weight is 318 g/mol. The predicted molar refractivity (Wildman–Crippen MR) is 80.0 cm³/mol. The fourth-order valence-corrected chi connectivity index (χ4v) is 1.91. The molecule has 0 atom stereocenters. The van der Waals surface area contributed by atoms with E-state index in [-0.39, 0.29) is 6.01 Å². The van der Waals surface area contributed by atoms with Gasteiger partial charge in [0.2, 0.25) is 0 Å². The molecule has 0 unspecified atom stereocenters. The Bertz CT molecular complexity index is 763. The Hall–Kier alpha value is -2.74. The summed E-state index contributed by atoms with van der Waals surface area (Å²) in [4.78, 5) is 4.26. The van der Waals surface area contributed by atoms with Gasteiger partial charge in [0, 0.05) is 5.02 Å². The number of hydrogen-bond acceptors (Lipinski definition) is 7. The van der Waals surface area contributed by atoms with Crippen molar-refractivity contribution in [1.29, 1.82) is 0 Å². The van der Waals surface area contributed by atoms with E-state index in [4.69, 9.17) is 16.3 Å². The molecule has 22 heavy (non-hydrogen) atoms. The third-order valence-corrected chi connectivity index (χ3v) is 2.99. The van der Waals surface area contributed by atoms with Crippen LogP contribution in [0.2, 0.25) is 5.02 Å². The maximum Gasteiger partial charge on any atom is 0.338 e. The van der Waals surface area contributed by atoms with E-state index in [0.717, 1.165) is 5.56 Å². The minimum atomic E-state index is 0.163. The fourth-order valence-electron chi connectivity index (χ4n) is 1.70. The molecule has 2 N–H and O–H groups in total. The molecule has 0 aliphatic rings. The van der Waals surface area contributed by atoms with Gasteiger partial charge in [-0.25, -0.2) is 0 Å². The van der Waals surface area contributed by atoms with E-state index in [2.05, 4.69) is 35.9 Å². The second-order valence-electron chi connectivity index (χ2n) is 4.43. The van der Waals surface area contributed by atoms with E-state index in [9.17, 15) is 0 Å². The molecule has 112 valence electrons. The summed E-state index contributed by atoms with van der Waals surface area (Å²) < 4.78 is 5.53. The zero-order valence-corrected chi connectivity index (χ0v) is 12.4. The Kier molecular flexibility index (Phi) is 4.10. The highest BCUT2D eigenvalue weighted by molar-refractivity contribution is 6.30. The summed E-state index contributed by atoms with van der Waals surface area (Å²) in [5, 5.41) is 21.7. The molecule has 0 saturated heterocycles. The van der Waals surface area contributed by atoms with E-state index in [1.54, 1.807) is 13.0 Å². The molecule has 0 aliphatic carbocycles. The molecule has 0 saturated carbocycles. The van der Waals surface area contributed by atoms with Gasteiger partial charge in [-0.05, 0) is 24.6 Å². The van der Waals surface area contributed by atoms with Crippen molar-refractivity contribution in [2.24, 2.45) is 0 Å². The van der Waals surface area contributed by atoms with Crippen LogP contribution < -0.4 is 10.1 Å². The van der Waals surface area contributed by atoms with Crippen molar-refractivity contribution in [3.63, 3.8) is 0 Å². The highest BCUT2D eigenvalue weighted by atomic mass is 35.5. The summed E-state index contributed by atoms with van der Waals surface area (Å²) in [5.74, 6) is 1.04. The summed E-state index contributed by atoms with van der Waals surface area (Å²) >= 11 is 5.93. The Balaban J connectivity index is 1.71. The lowest BCUT2D eigenvalue weighted by Gasteiger charge is -2.08. The molecule has 0 fully saturated rings. The number of rotatable bonds is 5. The molecule has 0 radical (unpaired) electrons. The van der Waals surface area contributed by atoms with Crippen molar-refractivity contribution < 1.29 is 4.74 Å². The van der Waals surface area contributed by atoms with Crippen LogP contribution in [0.4, 0.5) is 11.6 Å². The average Bonchev–Trinajstić information content (AvgIpc) is 3.01. The Morgan fingerprint density at radius 2 is 2.23 bits per heavy atom. The number of hydrogen-bond donors (Lipinski definition) is 2. The number of aromatic amines is 1. The number of H-pyrrole nitrogens is 1. The third kappa shape index (κ3) is 3.47. The van der Waals surface area contributed by atoms with Crippen LogP contribution in [-0.2, 0) is 6.61 Å². The molecule has 2 aromatic heterocycles. The maximum atomic E-state index is 5.93. The predicted octanol–water partition coefficient (Wildman–Crippen LogP) is 2.27. The topological polar surface area (TPSA) is 102 Å². The van der Waals surface area contributed by atoms with Crippen LogP contribution in [-0.4, -0.2) is 30.6 Å². The van der Waals surface area contributed by atoms with Crippen molar-refractivity contribution >= 4 is 23.2 Å².